The zero-order valence-corrected chi connectivity index (χ0v) is 13.5. The summed E-state index contributed by atoms with van der Waals surface area (Å²) < 4.78 is 10.3. The Hall–Kier alpha value is -3.37. The molecule has 2 aromatic rings. The molecule has 0 spiro atoms. The molecule has 0 amide bonds. The Kier molecular flexibility index (Phi) is 5.71. The van der Waals surface area contributed by atoms with Crippen LogP contribution in [0.1, 0.15) is 5.76 Å². The van der Waals surface area contributed by atoms with E-state index in [9.17, 15) is 14.9 Å². The zero-order valence-electron chi connectivity index (χ0n) is 12.8. The summed E-state index contributed by atoms with van der Waals surface area (Å²) in [5.41, 5.74) is -0.265. The first-order chi connectivity index (χ1) is 12.0. The van der Waals surface area contributed by atoms with Gasteiger partial charge in [-0.25, -0.2) is 4.79 Å². The van der Waals surface area contributed by atoms with E-state index in [-0.39, 0.29) is 40.0 Å². The van der Waals surface area contributed by atoms with Crippen molar-refractivity contribution in [1.82, 2.24) is 0 Å². The van der Waals surface area contributed by atoms with Gasteiger partial charge in [-0.2, -0.15) is 5.26 Å². The number of nitro benzene ring substituents is 1. The van der Waals surface area contributed by atoms with Crippen LogP contribution in [-0.2, 0) is 9.53 Å². The fraction of sp³-hybridized carbons (Fsp3) is 0.0588. The summed E-state index contributed by atoms with van der Waals surface area (Å²) in [5, 5.41) is 20.4. The van der Waals surface area contributed by atoms with Crippen LogP contribution in [0.15, 0.2) is 53.0 Å². The van der Waals surface area contributed by atoms with Gasteiger partial charge < -0.3 is 9.15 Å². The highest BCUT2D eigenvalue weighted by Gasteiger charge is 2.19. The second-order valence-corrected chi connectivity index (χ2v) is 5.11. The molecule has 8 heteroatoms. The highest BCUT2D eigenvalue weighted by molar-refractivity contribution is 6.30. The first kappa shape index (κ1) is 18.0. The molecule has 7 nitrogen and oxygen atoms in total. The van der Waals surface area contributed by atoms with E-state index in [4.69, 9.17) is 26.0 Å². The van der Waals surface area contributed by atoms with Gasteiger partial charge in [-0.15, -0.1) is 0 Å². The number of ether oxygens (including phenoxy) is 1. The summed E-state index contributed by atoms with van der Waals surface area (Å²) in [6.07, 6.45) is 2.56. The topological polar surface area (TPSA) is 106 Å². The molecular weight excluding hydrogens is 348 g/mol. The summed E-state index contributed by atoms with van der Waals surface area (Å²) >= 11 is 5.78. The van der Waals surface area contributed by atoms with E-state index in [2.05, 4.69) is 6.58 Å². The van der Waals surface area contributed by atoms with E-state index in [0.717, 1.165) is 0 Å². The smallest absolute Gasteiger partial charge is 0.349 e. The van der Waals surface area contributed by atoms with Crippen LogP contribution in [0.4, 0.5) is 5.69 Å². The van der Waals surface area contributed by atoms with Crippen molar-refractivity contribution in [2.75, 3.05) is 6.61 Å². The maximum absolute atomic E-state index is 11.7. The fourth-order valence-corrected chi connectivity index (χ4v) is 2.10. The van der Waals surface area contributed by atoms with Crippen LogP contribution in [0.3, 0.4) is 0 Å². The average Bonchev–Trinajstić information content (AvgIpc) is 3.05. The number of nitro groups is 1. The van der Waals surface area contributed by atoms with E-state index in [1.165, 1.54) is 42.5 Å². The molecule has 0 aliphatic heterocycles. The number of carbonyl (C=O) groups is 1. The van der Waals surface area contributed by atoms with Crippen molar-refractivity contribution in [3.8, 4) is 17.4 Å². The lowest BCUT2D eigenvalue weighted by atomic mass is 10.1. The number of nitrogens with zero attached hydrogens (tertiary/aromatic N) is 2. The molecule has 0 saturated carbocycles. The first-order valence-electron chi connectivity index (χ1n) is 6.90. The van der Waals surface area contributed by atoms with E-state index >= 15 is 0 Å². The Morgan fingerprint density at radius 2 is 2.20 bits per heavy atom. The van der Waals surface area contributed by atoms with Crippen molar-refractivity contribution in [1.29, 1.82) is 5.26 Å². The van der Waals surface area contributed by atoms with Crippen molar-refractivity contribution in [2.24, 2.45) is 0 Å². The van der Waals surface area contributed by atoms with E-state index in [1.807, 2.05) is 0 Å². The summed E-state index contributed by atoms with van der Waals surface area (Å²) in [5.74, 6) is -0.449. The molecule has 0 unspecified atom stereocenters. The molecule has 0 fully saturated rings. The highest BCUT2D eigenvalue weighted by atomic mass is 35.5. The van der Waals surface area contributed by atoms with Crippen molar-refractivity contribution in [2.45, 2.75) is 0 Å². The average molecular weight is 359 g/mol. The van der Waals surface area contributed by atoms with Gasteiger partial charge in [-0.1, -0.05) is 24.3 Å². The van der Waals surface area contributed by atoms with Gasteiger partial charge in [-0.3, -0.25) is 10.1 Å². The summed E-state index contributed by atoms with van der Waals surface area (Å²) in [4.78, 5) is 22.3. The van der Waals surface area contributed by atoms with E-state index < -0.39 is 10.9 Å². The minimum Gasteiger partial charge on any atom is -0.457 e. The van der Waals surface area contributed by atoms with E-state index in [0.29, 0.717) is 0 Å². The third-order valence-electron chi connectivity index (χ3n) is 3.01. The number of carbonyl (C=O) groups excluding carboxylic acids is 1. The van der Waals surface area contributed by atoms with Gasteiger partial charge >= 0.3 is 5.97 Å². The molecule has 0 saturated heterocycles. The highest BCUT2D eigenvalue weighted by Crippen LogP contribution is 2.33. The quantitative estimate of drug-likeness (QED) is 0.192. The Morgan fingerprint density at radius 1 is 1.44 bits per heavy atom. The van der Waals surface area contributed by atoms with Gasteiger partial charge in [0, 0.05) is 17.2 Å². The molecule has 2 rings (SSSR count). The molecule has 0 bridgehead atoms. The molecule has 1 aromatic carbocycles. The van der Waals surface area contributed by atoms with Crippen LogP contribution in [0, 0.1) is 21.4 Å². The minimum absolute atomic E-state index is 0.0295. The predicted octanol–water partition coefficient (Wildman–Crippen LogP) is 4.14. The molecule has 0 aliphatic rings. The third-order valence-corrected chi connectivity index (χ3v) is 3.24. The minimum atomic E-state index is -0.821. The lowest BCUT2D eigenvalue weighted by Crippen LogP contribution is -2.06. The second kappa shape index (κ2) is 7.95. The van der Waals surface area contributed by atoms with Crippen molar-refractivity contribution >= 4 is 29.3 Å². The maximum atomic E-state index is 11.7. The summed E-state index contributed by atoms with van der Waals surface area (Å²) in [7, 11) is 0. The molecule has 0 radical (unpaired) electrons. The summed E-state index contributed by atoms with van der Waals surface area (Å²) in [6.45, 7) is 3.38. The van der Waals surface area contributed by atoms with Gasteiger partial charge in [0.25, 0.3) is 5.69 Å². The molecule has 126 valence electrons. The molecule has 0 atom stereocenters. The second-order valence-electron chi connectivity index (χ2n) is 4.68. The lowest BCUT2D eigenvalue weighted by Gasteiger charge is -2.00. The van der Waals surface area contributed by atoms with E-state index in [1.54, 1.807) is 6.07 Å². The first-order valence-corrected chi connectivity index (χ1v) is 7.28. The molecule has 1 heterocycles. The van der Waals surface area contributed by atoms with Crippen molar-refractivity contribution in [3.63, 3.8) is 0 Å². The Morgan fingerprint density at radius 3 is 2.84 bits per heavy atom. The SMILES string of the molecule is C=CCOC(=O)/C(C#N)=C/c1ccc(-c2ccc(Cl)cc2[N+](=O)[O-])o1. The Labute approximate surface area is 147 Å². The van der Waals surface area contributed by atoms with Crippen molar-refractivity contribution in [3.05, 3.63) is 69.5 Å². The van der Waals surface area contributed by atoms with Crippen LogP contribution >= 0.6 is 11.6 Å². The fourth-order valence-electron chi connectivity index (χ4n) is 1.93. The number of rotatable bonds is 6. The standard InChI is InChI=1S/C17H11ClN2O5/c1-2-7-24-17(21)11(10-19)8-13-4-6-16(25-13)14-5-3-12(18)9-15(14)20(22)23/h2-6,8-9H,1,7H2/b11-8+. The lowest BCUT2D eigenvalue weighted by molar-refractivity contribution is -0.384. The molecule has 0 N–H and O–H groups in total. The number of benzene rings is 1. The Bertz CT molecular complexity index is 908. The number of hydrogen-bond donors (Lipinski definition) is 0. The summed E-state index contributed by atoms with van der Waals surface area (Å²) in [6, 6.07) is 8.84. The molecule has 25 heavy (non-hydrogen) atoms. The third kappa shape index (κ3) is 4.34. The van der Waals surface area contributed by atoms with Crippen LogP contribution in [0.5, 0.6) is 0 Å². The number of halogens is 1. The van der Waals surface area contributed by atoms with Gasteiger partial charge in [0.1, 0.15) is 29.8 Å². The van der Waals surface area contributed by atoms with Crippen molar-refractivity contribution < 1.29 is 18.9 Å². The van der Waals surface area contributed by atoms with Gasteiger partial charge in [0.15, 0.2) is 0 Å². The van der Waals surface area contributed by atoms with Gasteiger partial charge in [0.05, 0.1) is 10.5 Å². The number of furan rings is 1. The monoisotopic (exact) mass is 358 g/mol. The van der Waals surface area contributed by atoms with Crippen LogP contribution in [0.2, 0.25) is 5.02 Å². The van der Waals surface area contributed by atoms with Crippen LogP contribution in [-0.4, -0.2) is 17.5 Å². The molecule has 0 aliphatic carbocycles. The maximum Gasteiger partial charge on any atom is 0.349 e. The van der Waals surface area contributed by atoms with Crippen LogP contribution in [0.25, 0.3) is 17.4 Å². The molecular formula is C17H11ClN2O5. The zero-order chi connectivity index (χ0) is 18.4. The molecule has 1 aromatic heterocycles. The number of hydrogen-bond acceptors (Lipinski definition) is 6. The largest absolute Gasteiger partial charge is 0.457 e. The van der Waals surface area contributed by atoms with Gasteiger partial charge in [-0.05, 0) is 24.3 Å². The predicted molar refractivity (Wildman–Crippen MR) is 90.6 cm³/mol. The normalized spacial score (nSPS) is 10.8. The van der Waals surface area contributed by atoms with Gasteiger partial charge in [0.2, 0.25) is 0 Å². The van der Waals surface area contributed by atoms with Crippen LogP contribution < -0.4 is 0 Å². The number of nitriles is 1. The Balaban J connectivity index is 2.36. The number of esters is 1.